The lowest BCUT2D eigenvalue weighted by molar-refractivity contribution is 0.796. The van der Waals surface area contributed by atoms with Crippen LogP contribution in [0.2, 0.25) is 0 Å². The standard InChI is InChI=1S/C28H18.C18H16.CH3N/c1-17-7-4-12-22-25(17)20-10-2-3-11-21(20)28(22)23-13-5-8-18-15-16-19-9-6-14-24(28)27(19)26(18)23;1-14(15-7-3-2-4-8-15)17-12-11-16-9-5-6-10-18(16)13-17;1-2/h2-16H,1H3;2-14H,1H3;2H,1H2. The zero-order chi connectivity index (χ0) is 32.8. The highest BCUT2D eigenvalue weighted by Gasteiger charge is 2.50. The van der Waals surface area contributed by atoms with Crippen molar-refractivity contribution in [3.8, 4) is 11.1 Å². The number of benzene rings is 8. The first-order valence-corrected chi connectivity index (χ1v) is 16.7. The first kappa shape index (κ1) is 29.6. The van der Waals surface area contributed by atoms with Crippen molar-refractivity contribution in [2.75, 3.05) is 0 Å². The average Bonchev–Trinajstić information content (AvgIpc) is 3.64. The molecule has 1 unspecified atom stereocenters. The topological polar surface area (TPSA) is 23.9 Å². The lowest BCUT2D eigenvalue weighted by Gasteiger charge is -2.30. The van der Waals surface area contributed by atoms with Crippen molar-refractivity contribution in [3.63, 3.8) is 0 Å². The van der Waals surface area contributed by atoms with Gasteiger partial charge in [0.25, 0.3) is 0 Å². The van der Waals surface area contributed by atoms with Gasteiger partial charge in [-0.1, -0.05) is 171 Å². The summed E-state index contributed by atoms with van der Waals surface area (Å²) in [7, 11) is 0. The maximum absolute atomic E-state index is 5.50. The third-order valence-corrected chi connectivity index (χ3v) is 10.5. The van der Waals surface area contributed by atoms with Gasteiger partial charge in [-0.15, -0.1) is 0 Å². The van der Waals surface area contributed by atoms with E-state index in [0.717, 1.165) is 0 Å². The van der Waals surface area contributed by atoms with E-state index in [-0.39, 0.29) is 5.41 Å². The SMILES string of the molecule is C=N.CC(c1ccccc1)c1ccc2ccccc2c1.Cc1cccc2c1-c1ccccc1C21c2cccc3ccc4cccc1c4c23. The van der Waals surface area contributed by atoms with E-state index < -0.39 is 0 Å². The normalized spacial score (nSPS) is 13.5. The van der Waals surface area contributed by atoms with E-state index in [1.807, 2.05) is 0 Å². The van der Waals surface area contributed by atoms with Gasteiger partial charge >= 0.3 is 0 Å². The van der Waals surface area contributed by atoms with Gasteiger partial charge in [0.15, 0.2) is 0 Å². The predicted molar refractivity (Wildman–Crippen MR) is 205 cm³/mol. The molecule has 0 heterocycles. The summed E-state index contributed by atoms with van der Waals surface area (Å²) in [4.78, 5) is 0. The minimum Gasteiger partial charge on any atom is -0.317 e. The zero-order valence-electron chi connectivity index (χ0n) is 27.4. The Bertz CT molecular complexity index is 2410. The minimum absolute atomic E-state index is 0.208. The molecule has 0 aromatic heterocycles. The van der Waals surface area contributed by atoms with Gasteiger partial charge in [-0.05, 0) is 96.0 Å². The van der Waals surface area contributed by atoms with Crippen LogP contribution in [-0.4, -0.2) is 6.72 Å². The van der Waals surface area contributed by atoms with Crippen molar-refractivity contribution in [2.24, 2.45) is 0 Å². The van der Waals surface area contributed by atoms with E-state index in [0.29, 0.717) is 5.92 Å². The molecule has 48 heavy (non-hydrogen) atoms. The molecule has 0 bridgehead atoms. The molecule has 1 nitrogen and oxygen atoms in total. The van der Waals surface area contributed by atoms with Crippen molar-refractivity contribution in [2.45, 2.75) is 25.2 Å². The van der Waals surface area contributed by atoms with Gasteiger partial charge < -0.3 is 5.41 Å². The van der Waals surface area contributed by atoms with Gasteiger partial charge in [0.05, 0.1) is 5.41 Å². The highest BCUT2D eigenvalue weighted by Crippen LogP contribution is 2.62. The third-order valence-electron chi connectivity index (χ3n) is 10.5. The summed E-state index contributed by atoms with van der Waals surface area (Å²) in [6, 6.07) is 60.0. The molecule has 1 atom stereocenters. The van der Waals surface area contributed by atoms with Crippen LogP contribution in [0.15, 0.2) is 164 Å². The summed E-state index contributed by atoms with van der Waals surface area (Å²) in [5.74, 6) is 0.441. The van der Waals surface area contributed by atoms with Crippen molar-refractivity contribution >= 4 is 39.0 Å². The van der Waals surface area contributed by atoms with E-state index in [1.54, 1.807) is 0 Å². The molecule has 2 aliphatic rings. The molecule has 1 N–H and O–H groups in total. The van der Waals surface area contributed by atoms with E-state index in [9.17, 15) is 0 Å². The van der Waals surface area contributed by atoms with Crippen molar-refractivity contribution in [1.82, 2.24) is 0 Å². The molecule has 0 saturated heterocycles. The van der Waals surface area contributed by atoms with Crippen LogP contribution < -0.4 is 0 Å². The van der Waals surface area contributed by atoms with Crippen LogP contribution in [-0.2, 0) is 5.41 Å². The molecule has 2 aliphatic carbocycles. The fourth-order valence-electron chi connectivity index (χ4n) is 8.43. The molecule has 0 fully saturated rings. The Morgan fingerprint density at radius 1 is 0.458 bits per heavy atom. The lowest BCUT2D eigenvalue weighted by Crippen LogP contribution is -2.26. The predicted octanol–water partition coefficient (Wildman–Crippen LogP) is 12.2. The quantitative estimate of drug-likeness (QED) is 0.148. The van der Waals surface area contributed by atoms with Gasteiger partial charge in [-0.2, -0.15) is 0 Å². The molecule has 1 heteroatoms. The van der Waals surface area contributed by atoms with Crippen molar-refractivity contribution in [3.05, 3.63) is 203 Å². The maximum Gasteiger partial charge on any atom is 0.0726 e. The molecule has 0 amide bonds. The highest BCUT2D eigenvalue weighted by molar-refractivity contribution is 6.17. The van der Waals surface area contributed by atoms with Gasteiger partial charge in [-0.25, -0.2) is 0 Å². The first-order valence-electron chi connectivity index (χ1n) is 16.7. The average molecular weight is 616 g/mol. The number of fused-ring (bicyclic) bond motifs is 8. The number of rotatable bonds is 2. The van der Waals surface area contributed by atoms with Crippen LogP contribution in [0.4, 0.5) is 0 Å². The Morgan fingerprint density at radius 2 is 0.979 bits per heavy atom. The fourth-order valence-corrected chi connectivity index (χ4v) is 8.43. The summed E-state index contributed by atoms with van der Waals surface area (Å²) < 4.78 is 0. The van der Waals surface area contributed by atoms with Crippen LogP contribution in [0.5, 0.6) is 0 Å². The zero-order valence-corrected chi connectivity index (χ0v) is 27.4. The van der Waals surface area contributed by atoms with Crippen molar-refractivity contribution in [1.29, 1.82) is 5.41 Å². The monoisotopic (exact) mass is 615 g/mol. The van der Waals surface area contributed by atoms with Crippen LogP contribution in [0, 0.1) is 12.3 Å². The fraction of sp³-hybridized carbons (Fsp3) is 0.0851. The summed E-state index contributed by atoms with van der Waals surface area (Å²) in [6.45, 7) is 7.01. The van der Waals surface area contributed by atoms with Crippen LogP contribution >= 0.6 is 0 Å². The summed E-state index contributed by atoms with van der Waals surface area (Å²) in [5, 5.41) is 13.7. The highest BCUT2D eigenvalue weighted by atomic mass is 14.5. The van der Waals surface area contributed by atoms with E-state index in [2.05, 4.69) is 184 Å². The molecule has 10 rings (SSSR count). The molecule has 0 radical (unpaired) electrons. The summed E-state index contributed by atoms with van der Waals surface area (Å²) in [5.41, 5.74) is 12.4. The number of hydrogen-bond acceptors (Lipinski definition) is 1. The van der Waals surface area contributed by atoms with E-state index >= 15 is 0 Å². The van der Waals surface area contributed by atoms with E-state index in [1.165, 1.54) is 82.4 Å². The third kappa shape index (κ3) is 4.28. The lowest BCUT2D eigenvalue weighted by atomic mass is 9.70. The summed E-state index contributed by atoms with van der Waals surface area (Å²) in [6.07, 6.45) is 0. The van der Waals surface area contributed by atoms with Gasteiger partial charge in [0.1, 0.15) is 0 Å². The second kappa shape index (κ2) is 11.8. The Balaban J connectivity index is 0.000000146. The number of aryl methyl sites for hydroxylation is 1. The second-order valence-electron chi connectivity index (χ2n) is 12.9. The molecular formula is C47H37N. The Morgan fingerprint density at radius 3 is 1.69 bits per heavy atom. The molecule has 0 saturated carbocycles. The van der Waals surface area contributed by atoms with Crippen LogP contribution in [0.3, 0.4) is 0 Å². The molecule has 1 spiro atoms. The van der Waals surface area contributed by atoms with Gasteiger partial charge in [0, 0.05) is 5.92 Å². The Hall–Kier alpha value is -5.79. The van der Waals surface area contributed by atoms with E-state index in [4.69, 9.17) is 5.41 Å². The molecule has 230 valence electrons. The number of nitrogens with one attached hydrogen (secondary N) is 1. The first-order chi connectivity index (χ1) is 23.7. The molecule has 8 aromatic rings. The summed E-state index contributed by atoms with van der Waals surface area (Å²) >= 11 is 0. The van der Waals surface area contributed by atoms with Crippen LogP contribution in [0.1, 0.15) is 51.8 Å². The van der Waals surface area contributed by atoms with Crippen LogP contribution in [0.25, 0.3) is 43.4 Å². The second-order valence-corrected chi connectivity index (χ2v) is 12.9. The minimum atomic E-state index is -0.208. The Labute approximate surface area is 282 Å². The van der Waals surface area contributed by atoms with Crippen molar-refractivity contribution < 1.29 is 0 Å². The molecule has 0 aliphatic heterocycles. The molecular weight excluding hydrogens is 579 g/mol. The van der Waals surface area contributed by atoms with Gasteiger partial charge in [-0.3, -0.25) is 0 Å². The largest absolute Gasteiger partial charge is 0.317 e. The number of hydrogen-bond donors (Lipinski definition) is 1. The van der Waals surface area contributed by atoms with Gasteiger partial charge in [0.2, 0.25) is 0 Å². The molecule has 8 aromatic carbocycles. The smallest absolute Gasteiger partial charge is 0.0726 e. The maximum atomic E-state index is 5.50. The Kier molecular flexibility index (Phi) is 7.26.